The van der Waals surface area contributed by atoms with Gasteiger partial charge in [-0.05, 0) is 52.9 Å². The molecule has 30 heavy (non-hydrogen) atoms. The standard InChI is InChI=1S/C21H33N3O5S/c1-5-29-21(26)18-15(2)22(4)16(3)19(18)30(27,28)24-13-9-10-17(14-24)20(25)23-11-7-6-8-12-23/h17H,5-14H2,1-4H3/t17-/m1/s1. The highest BCUT2D eigenvalue weighted by molar-refractivity contribution is 7.89. The van der Waals surface area contributed by atoms with Crippen molar-refractivity contribution in [2.24, 2.45) is 13.0 Å². The van der Waals surface area contributed by atoms with Gasteiger partial charge in [-0.25, -0.2) is 13.2 Å². The molecule has 3 rings (SSSR count). The highest BCUT2D eigenvalue weighted by atomic mass is 32.2. The number of sulfonamides is 1. The van der Waals surface area contributed by atoms with E-state index < -0.39 is 16.0 Å². The van der Waals surface area contributed by atoms with E-state index in [9.17, 15) is 18.0 Å². The predicted octanol–water partition coefficient (Wildman–Crippen LogP) is 2.23. The molecule has 2 fully saturated rings. The fourth-order valence-corrected chi connectivity index (χ4v) is 6.54. The van der Waals surface area contributed by atoms with Crippen molar-refractivity contribution < 1.29 is 22.7 Å². The fourth-order valence-electron chi connectivity index (χ4n) is 4.54. The Kier molecular flexibility index (Phi) is 6.91. The van der Waals surface area contributed by atoms with Gasteiger partial charge in [0.2, 0.25) is 15.9 Å². The molecule has 0 saturated carbocycles. The minimum absolute atomic E-state index is 0.00650. The zero-order chi connectivity index (χ0) is 22.1. The molecule has 9 heteroatoms. The van der Waals surface area contributed by atoms with E-state index in [0.717, 1.165) is 32.4 Å². The average Bonchev–Trinajstić information content (AvgIpc) is 2.98. The summed E-state index contributed by atoms with van der Waals surface area (Å²) in [7, 11) is -2.20. The summed E-state index contributed by atoms with van der Waals surface area (Å²) in [6.45, 7) is 7.30. The highest BCUT2D eigenvalue weighted by Gasteiger charge is 2.39. The maximum absolute atomic E-state index is 13.6. The number of rotatable bonds is 5. The predicted molar refractivity (Wildman–Crippen MR) is 113 cm³/mol. The molecule has 0 unspecified atom stereocenters. The lowest BCUT2D eigenvalue weighted by molar-refractivity contribution is -0.137. The molecule has 0 aliphatic carbocycles. The quantitative estimate of drug-likeness (QED) is 0.657. The van der Waals surface area contributed by atoms with Crippen molar-refractivity contribution in [1.82, 2.24) is 13.8 Å². The number of hydrogen-bond donors (Lipinski definition) is 0. The second-order valence-corrected chi connectivity index (χ2v) is 10.1. The van der Waals surface area contributed by atoms with Crippen molar-refractivity contribution in [3.63, 3.8) is 0 Å². The van der Waals surface area contributed by atoms with Gasteiger partial charge in [-0.1, -0.05) is 0 Å². The van der Waals surface area contributed by atoms with Gasteiger partial charge < -0.3 is 14.2 Å². The number of piperidine rings is 2. The lowest BCUT2D eigenvalue weighted by Crippen LogP contribution is -2.48. The van der Waals surface area contributed by atoms with Crippen molar-refractivity contribution in [2.45, 2.75) is 57.8 Å². The summed E-state index contributed by atoms with van der Waals surface area (Å²) in [5, 5.41) is 0. The molecule has 168 valence electrons. The molecular weight excluding hydrogens is 406 g/mol. The van der Waals surface area contributed by atoms with Gasteiger partial charge in [-0.2, -0.15) is 4.31 Å². The maximum atomic E-state index is 13.6. The fraction of sp³-hybridized carbons (Fsp3) is 0.714. The largest absolute Gasteiger partial charge is 0.462 e. The smallest absolute Gasteiger partial charge is 0.341 e. The van der Waals surface area contributed by atoms with Crippen LogP contribution in [0.4, 0.5) is 0 Å². The van der Waals surface area contributed by atoms with Gasteiger partial charge in [0.25, 0.3) is 0 Å². The van der Waals surface area contributed by atoms with Gasteiger partial charge in [0.15, 0.2) is 0 Å². The maximum Gasteiger partial charge on any atom is 0.341 e. The minimum atomic E-state index is -3.94. The van der Waals surface area contributed by atoms with Crippen molar-refractivity contribution in [3.8, 4) is 0 Å². The van der Waals surface area contributed by atoms with Crippen molar-refractivity contribution in [3.05, 3.63) is 17.0 Å². The van der Waals surface area contributed by atoms with Crippen LogP contribution in [0.25, 0.3) is 0 Å². The van der Waals surface area contributed by atoms with Crippen LogP contribution < -0.4 is 0 Å². The molecule has 3 heterocycles. The number of amides is 1. The monoisotopic (exact) mass is 439 g/mol. The zero-order valence-corrected chi connectivity index (χ0v) is 19.3. The Bertz CT molecular complexity index is 916. The number of carbonyl (C=O) groups excluding carboxylic acids is 2. The van der Waals surface area contributed by atoms with Gasteiger partial charge in [0, 0.05) is 44.6 Å². The van der Waals surface area contributed by atoms with E-state index in [1.54, 1.807) is 32.4 Å². The molecule has 1 aromatic rings. The molecule has 0 aromatic carbocycles. The van der Waals surface area contributed by atoms with E-state index in [1.807, 2.05) is 4.90 Å². The molecule has 1 amide bonds. The molecular formula is C21H33N3O5S. The summed E-state index contributed by atoms with van der Waals surface area (Å²) < 4.78 is 35.5. The first-order valence-corrected chi connectivity index (χ1v) is 12.3. The second-order valence-electron chi connectivity index (χ2n) is 8.24. The van der Waals surface area contributed by atoms with Gasteiger partial charge in [0.05, 0.1) is 12.5 Å². The summed E-state index contributed by atoms with van der Waals surface area (Å²) >= 11 is 0. The first-order chi connectivity index (χ1) is 14.2. The first kappa shape index (κ1) is 22.8. The Morgan fingerprint density at radius 1 is 1.03 bits per heavy atom. The van der Waals surface area contributed by atoms with Crippen LogP contribution in [0.2, 0.25) is 0 Å². The molecule has 0 bridgehead atoms. The lowest BCUT2D eigenvalue weighted by Gasteiger charge is -2.35. The minimum Gasteiger partial charge on any atom is -0.462 e. The van der Waals surface area contributed by atoms with Crippen molar-refractivity contribution >= 4 is 21.9 Å². The van der Waals surface area contributed by atoms with Crippen LogP contribution in [0.5, 0.6) is 0 Å². The average molecular weight is 440 g/mol. The summed E-state index contributed by atoms with van der Waals surface area (Å²) in [4.78, 5) is 27.4. The molecule has 0 spiro atoms. The van der Waals surface area contributed by atoms with E-state index in [0.29, 0.717) is 30.8 Å². The molecule has 8 nitrogen and oxygen atoms in total. The van der Waals surface area contributed by atoms with Crippen molar-refractivity contribution in [2.75, 3.05) is 32.8 Å². The van der Waals surface area contributed by atoms with Gasteiger partial charge in [-0.15, -0.1) is 0 Å². The number of nitrogens with zero attached hydrogens (tertiary/aromatic N) is 3. The van der Waals surface area contributed by atoms with Crippen LogP contribution in [-0.2, 0) is 26.6 Å². The van der Waals surface area contributed by atoms with E-state index >= 15 is 0 Å². The number of esters is 1. The summed E-state index contributed by atoms with van der Waals surface area (Å²) in [6, 6.07) is 0. The Balaban J connectivity index is 1.91. The van der Waals surface area contributed by atoms with Crippen LogP contribution in [0.1, 0.15) is 60.8 Å². The van der Waals surface area contributed by atoms with Crippen molar-refractivity contribution in [1.29, 1.82) is 0 Å². The Morgan fingerprint density at radius 3 is 2.33 bits per heavy atom. The normalized spacial score (nSPS) is 20.9. The molecule has 1 aromatic heterocycles. The number of aromatic nitrogens is 1. The van der Waals surface area contributed by atoms with Gasteiger partial charge in [0.1, 0.15) is 10.5 Å². The van der Waals surface area contributed by atoms with E-state index in [4.69, 9.17) is 4.74 Å². The Morgan fingerprint density at radius 2 is 1.70 bits per heavy atom. The summed E-state index contributed by atoms with van der Waals surface area (Å²) in [5.41, 5.74) is 1.16. The molecule has 1 atom stereocenters. The third-order valence-corrected chi connectivity index (χ3v) is 8.43. The molecule has 2 aliphatic rings. The number of hydrogen-bond acceptors (Lipinski definition) is 5. The first-order valence-electron chi connectivity index (χ1n) is 10.8. The van der Waals surface area contributed by atoms with Crippen LogP contribution in [0.3, 0.4) is 0 Å². The van der Waals surface area contributed by atoms with Crippen LogP contribution in [0, 0.1) is 19.8 Å². The Labute approximate surface area is 179 Å². The van der Waals surface area contributed by atoms with E-state index in [2.05, 4.69) is 0 Å². The third-order valence-electron chi connectivity index (χ3n) is 6.40. The third kappa shape index (κ3) is 4.14. The van der Waals surface area contributed by atoms with Crippen LogP contribution in [0.15, 0.2) is 4.90 Å². The summed E-state index contributed by atoms with van der Waals surface area (Å²) in [5.74, 6) is -0.904. The van der Waals surface area contributed by atoms with E-state index in [-0.39, 0.29) is 35.4 Å². The second kappa shape index (κ2) is 9.09. The number of carbonyl (C=O) groups is 2. The van der Waals surface area contributed by atoms with Crippen LogP contribution >= 0.6 is 0 Å². The zero-order valence-electron chi connectivity index (χ0n) is 18.4. The number of likely N-dealkylation sites (tertiary alicyclic amines) is 1. The molecule has 2 saturated heterocycles. The van der Waals surface area contributed by atoms with Crippen LogP contribution in [-0.4, -0.2) is 66.9 Å². The summed E-state index contributed by atoms with van der Waals surface area (Å²) in [6.07, 6.45) is 4.47. The molecule has 0 radical (unpaired) electrons. The van der Waals surface area contributed by atoms with Gasteiger partial charge >= 0.3 is 5.97 Å². The highest BCUT2D eigenvalue weighted by Crippen LogP contribution is 2.32. The van der Waals surface area contributed by atoms with E-state index in [1.165, 1.54) is 4.31 Å². The molecule has 2 aliphatic heterocycles. The number of ether oxygens (including phenoxy) is 1. The molecule has 0 N–H and O–H groups in total. The Hall–Kier alpha value is -1.87. The topological polar surface area (TPSA) is 88.9 Å². The van der Waals surface area contributed by atoms with Gasteiger partial charge in [-0.3, -0.25) is 4.79 Å². The SMILES string of the molecule is CCOC(=O)c1c(S(=O)(=O)N2CCC[C@@H](C(=O)N3CCCCC3)C2)c(C)n(C)c1C. The lowest BCUT2D eigenvalue weighted by atomic mass is 9.97.